The van der Waals surface area contributed by atoms with E-state index >= 15 is 0 Å². The van der Waals surface area contributed by atoms with Crippen LogP contribution in [0.25, 0.3) is 22.0 Å². The van der Waals surface area contributed by atoms with Crippen LogP contribution < -0.4 is 10.1 Å². The lowest BCUT2D eigenvalue weighted by atomic mass is 10.1. The van der Waals surface area contributed by atoms with Gasteiger partial charge in [0.15, 0.2) is 0 Å². The number of morpholine rings is 1. The molecule has 4 rings (SSSR count). The molecule has 3 aromatic rings. The Hall–Kier alpha value is -2.44. The molecule has 1 aromatic carbocycles. The minimum absolute atomic E-state index is 0.0683. The molecule has 1 aliphatic heterocycles. The second kappa shape index (κ2) is 6.59. The molecule has 24 heavy (non-hydrogen) atoms. The molecule has 0 radical (unpaired) electrons. The summed E-state index contributed by atoms with van der Waals surface area (Å²) >= 11 is 0. The first-order valence-electron chi connectivity index (χ1n) is 8.11. The molecule has 0 saturated carbocycles. The van der Waals surface area contributed by atoms with Gasteiger partial charge in [0.1, 0.15) is 24.8 Å². The van der Waals surface area contributed by atoms with Crippen LogP contribution in [0.1, 0.15) is 0 Å². The molecule has 0 unspecified atom stereocenters. The van der Waals surface area contributed by atoms with Crippen molar-refractivity contribution in [2.75, 3.05) is 26.3 Å². The normalized spacial score (nSPS) is 18.0. The lowest BCUT2D eigenvalue weighted by Crippen LogP contribution is -2.41. The highest BCUT2D eigenvalue weighted by molar-refractivity contribution is 5.89. The molecule has 124 valence electrons. The summed E-state index contributed by atoms with van der Waals surface area (Å²) in [5, 5.41) is 4.23. The van der Waals surface area contributed by atoms with E-state index in [9.17, 15) is 0 Å². The molecule has 2 aromatic heterocycles. The summed E-state index contributed by atoms with van der Waals surface area (Å²) in [5.74, 6) is 0.793. The predicted molar refractivity (Wildman–Crippen MR) is 92.0 cm³/mol. The van der Waals surface area contributed by atoms with Crippen molar-refractivity contribution in [3.63, 3.8) is 0 Å². The van der Waals surface area contributed by atoms with Crippen molar-refractivity contribution in [1.29, 1.82) is 0 Å². The van der Waals surface area contributed by atoms with Gasteiger partial charge >= 0.3 is 0 Å². The molecule has 1 aliphatic rings. The standard InChI is InChI=1S/C18H20N4O2/c1-22-4-2-13(10-22)14-6-17-16(9-20-12-21-17)18(7-14)24-11-15-8-19-3-5-23-15/h2,4,6-7,9-10,12,15,19H,3,5,8,11H2,1H3/t15-/m0/s1. The summed E-state index contributed by atoms with van der Waals surface area (Å²) in [6.07, 6.45) is 7.54. The fraction of sp³-hybridized carbons (Fsp3) is 0.333. The van der Waals surface area contributed by atoms with E-state index < -0.39 is 0 Å². The van der Waals surface area contributed by atoms with Gasteiger partial charge in [-0.15, -0.1) is 0 Å². The Morgan fingerprint density at radius 1 is 1.38 bits per heavy atom. The van der Waals surface area contributed by atoms with Crippen LogP contribution in [0.2, 0.25) is 0 Å². The van der Waals surface area contributed by atoms with E-state index in [1.54, 1.807) is 12.5 Å². The van der Waals surface area contributed by atoms with Crippen LogP contribution >= 0.6 is 0 Å². The Balaban J connectivity index is 1.66. The van der Waals surface area contributed by atoms with Crippen LogP contribution in [0.15, 0.2) is 43.1 Å². The number of aromatic nitrogens is 3. The second-order valence-electron chi connectivity index (χ2n) is 6.00. The van der Waals surface area contributed by atoms with Crippen molar-refractivity contribution in [2.45, 2.75) is 6.10 Å². The molecule has 0 spiro atoms. The molecule has 0 aliphatic carbocycles. The average Bonchev–Trinajstić information content (AvgIpc) is 3.07. The van der Waals surface area contributed by atoms with Gasteiger partial charge in [0.05, 0.1) is 17.5 Å². The van der Waals surface area contributed by atoms with E-state index in [0.29, 0.717) is 6.61 Å². The van der Waals surface area contributed by atoms with Crippen molar-refractivity contribution >= 4 is 10.9 Å². The van der Waals surface area contributed by atoms with E-state index in [4.69, 9.17) is 9.47 Å². The Morgan fingerprint density at radius 2 is 2.33 bits per heavy atom. The highest BCUT2D eigenvalue weighted by Crippen LogP contribution is 2.31. The molecule has 0 amide bonds. The van der Waals surface area contributed by atoms with Crippen LogP contribution in [-0.2, 0) is 11.8 Å². The number of nitrogens with one attached hydrogen (secondary N) is 1. The van der Waals surface area contributed by atoms with Crippen LogP contribution in [-0.4, -0.2) is 46.9 Å². The Labute approximate surface area is 140 Å². The highest BCUT2D eigenvalue weighted by atomic mass is 16.5. The summed E-state index contributed by atoms with van der Waals surface area (Å²) in [7, 11) is 2.01. The summed E-state index contributed by atoms with van der Waals surface area (Å²) in [6.45, 7) is 2.95. The summed E-state index contributed by atoms with van der Waals surface area (Å²) in [4.78, 5) is 8.52. The first kappa shape index (κ1) is 15.1. The molecule has 0 bridgehead atoms. The maximum atomic E-state index is 6.08. The Kier molecular flexibility index (Phi) is 4.15. The largest absolute Gasteiger partial charge is 0.490 e. The van der Waals surface area contributed by atoms with Crippen LogP contribution in [0.3, 0.4) is 0 Å². The SMILES string of the molecule is Cn1ccc(-c2cc(OC[C@@H]3CNCCO3)c3cncnc3c2)c1. The molecule has 1 saturated heterocycles. The molecule has 3 heterocycles. The van der Waals surface area contributed by atoms with Gasteiger partial charge in [-0.25, -0.2) is 9.97 Å². The maximum Gasteiger partial charge on any atom is 0.131 e. The van der Waals surface area contributed by atoms with Crippen LogP contribution in [0.4, 0.5) is 0 Å². The first-order chi connectivity index (χ1) is 11.8. The minimum Gasteiger partial charge on any atom is -0.490 e. The van der Waals surface area contributed by atoms with Crippen molar-refractivity contribution in [3.8, 4) is 16.9 Å². The molecule has 6 heteroatoms. The number of fused-ring (bicyclic) bond motifs is 1. The van der Waals surface area contributed by atoms with Gasteiger partial charge < -0.3 is 19.4 Å². The fourth-order valence-corrected chi connectivity index (χ4v) is 2.92. The summed E-state index contributed by atoms with van der Waals surface area (Å²) in [5.41, 5.74) is 3.10. The number of ether oxygens (including phenoxy) is 2. The molecule has 1 atom stereocenters. The van der Waals surface area contributed by atoms with Gasteiger partial charge in [-0.05, 0) is 29.3 Å². The van der Waals surface area contributed by atoms with Gasteiger partial charge in [0, 0.05) is 38.7 Å². The number of hydrogen-bond donors (Lipinski definition) is 1. The zero-order chi connectivity index (χ0) is 16.4. The molecule has 1 N–H and O–H groups in total. The Morgan fingerprint density at radius 3 is 3.12 bits per heavy atom. The zero-order valence-corrected chi connectivity index (χ0v) is 13.6. The molecular weight excluding hydrogens is 304 g/mol. The average molecular weight is 324 g/mol. The van der Waals surface area contributed by atoms with Crippen LogP contribution in [0, 0.1) is 0 Å². The van der Waals surface area contributed by atoms with Crippen molar-refractivity contribution in [3.05, 3.63) is 43.1 Å². The smallest absolute Gasteiger partial charge is 0.131 e. The maximum absolute atomic E-state index is 6.08. The first-order valence-corrected chi connectivity index (χ1v) is 8.11. The van der Waals surface area contributed by atoms with Crippen molar-refractivity contribution in [1.82, 2.24) is 19.9 Å². The number of nitrogens with zero attached hydrogens (tertiary/aromatic N) is 3. The van der Waals surface area contributed by atoms with Crippen LogP contribution in [0.5, 0.6) is 5.75 Å². The molecular formula is C18H20N4O2. The van der Waals surface area contributed by atoms with E-state index in [2.05, 4.69) is 39.7 Å². The second-order valence-corrected chi connectivity index (χ2v) is 6.00. The molecule has 6 nitrogen and oxygen atoms in total. The topological polar surface area (TPSA) is 61.2 Å². The molecule has 1 fully saturated rings. The van der Waals surface area contributed by atoms with E-state index in [-0.39, 0.29) is 6.10 Å². The van der Waals surface area contributed by atoms with Gasteiger partial charge in [-0.3, -0.25) is 0 Å². The summed E-state index contributed by atoms with van der Waals surface area (Å²) in [6, 6.07) is 6.20. The number of aryl methyl sites for hydroxylation is 1. The van der Waals surface area contributed by atoms with Gasteiger partial charge in [0.2, 0.25) is 0 Å². The third-order valence-electron chi connectivity index (χ3n) is 4.18. The van der Waals surface area contributed by atoms with E-state index in [1.165, 1.54) is 0 Å². The quantitative estimate of drug-likeness (QED) is 0.795. The third kappa shape index (κ3) is 3.11. The van der Waals surface area contributed by atoms with E-state index in [0.717, 1.165) is 47.5 Å². The third-order valence-corrected chi connectivity index (χ3v) is 4.18. The predicted octanol–water partition coefficient (Wildman–Crippen LogP) is 2.00. The van der Waals surface area contributed by atoms with Crippen molar-refractivity contribution in [2.24, 2.45) is 7.05 Å². The lowest BCUT2D eigenvalue weighted by molar-refractivity contribution is 0.000515. The zero-order valence-electron chi connectivity index (χ0n) is 13.6. The number of benzene rings is 1. The van der Waals surface area contributed by atoms with Crippen molar-refractivity contribution < 1.29 is 9.47 Å². The van der Waals surface area contributed by atoms with Gasteiger partial charge in [-0.1, -0.05) is 0 Å². The van der Waals surface area contributed by atoms with Gasteiger partial charge in [-0.2, -0.15) is 0 Å². The number of rotatable bonds is 4. The summed E-state index contributed by atoms with van der Waals surface area (Å²) < 4.78 is 13.8. The lowest BCUT2D eigenvalue weighted by Gasteiger charge is -2.24. The minimum atomic E-state index is 0.0683. The monoisotopic (exact) mass is 324 g/mol. The fourth-order valence-electron chi connectivity index (χ4n) is 2.92. The van der Waals surface area contributed by atoms with Gasteiger partial charge in [0.25, 0.3) is 0 Å². The van der Waals surface area contributed by atoms with E-state index in [1.807, 2.05) is 17.8 Å². The number of hydrogen-bond acceptors (Lipinski definition) is 5. The Bertz CT molecular complexity index is 840. The highest BCUT2D eigenvalue weighted by Gasteiger charge is 2.15.